The molecule has 23 heavy (non-hydrogen) atoms. The standard InChI is InChI=1S/C17H29N3O3/c1-23-16-4-2-15(3-5-16)17(20(10-12-21)11-13-22)14-19-8-6-18-7-9-19/h2-5,17-18,21-22H,6-14H2,1H3. The molecule has 1 aromatic carbocycles. The molecule has 130 valence electrons. The number of nitrogens with one attached hydrogen (secondary N) is 1. The number of piperazine rings is 1. The van der Waals surface area contributed by atoms with Crippen molar-refractivity contribution in [2.24, 2.45) is 0 Å². The molecule has 0 aliphatic carbocycles. The number of nitrogens with zero attached hydrogens (tertiary/aromatic N) is 2. The van der Waals surface area contributed by atoms with Crippen molar-refractivity contribution in [2.75, 3.05) is 66.1 Å². The quantitative estimate of drug-likeness (QED) is 0.591. The van der Waals surface area contributed by atoms with Crippen LogP contribution in [0.3, 0.4) is 0 Å². The van der Waals surface area contributed by atoms with Crippen molar-refractivity contribution in [3.8, 4) is 5.75 Å². The molecule has 1 atom stereocenters. The molecule has 0 saturated carbocycles. The topological polar surface area (TPSA) is 68.2 Å². The Balaban J connectivity index is 2.16. The van der Waals surface area contributed by atoms with Gasteiger partial charge in [0.1, 0.15) is 5.75 Å². The Bertz CT molecular complexity index is 429. The van der Waals surface area contributed by atoms with E-state index in [4.69, 9.17) is 4.74 Å². The summed E-state index contributed by atoms with van der Waals surface area (Å²) >= 11 is 0. The lowest BCUT2D eigenvalue weighted by Crippen LogP contribution is -2.48. The van der Waals surface area contributed by atoms with Gasteiger partial charge in [-0.3, -0.25) is 9.80 Å². The van der Waals surface area contributed by atoms with Crippen LogP contribution in [0.2, 0.25) is 0 Å². The summed E-state index contributed by atoms with van der Waals surface area (Å²) in [6.45, 7) is 6.27. The first-order valence-electron chi connectivity index (χ1n) is 8.31. The highest BCUT2D eigenvalue weighted by Gasteiger charge is 2.23. The molecule has 6 nitrogen and oxygen atoms in total. The highest BCUT2D eigenvalue weighted by Crippen LogP contribution is 2.24. The summed E-state index contributed by atoms with van der Waals surface area (Å²) in [7, 11) is 1.66. The maximum absolute atomic E-state index is 9.38. The van der Waals surface area contributed by atoms with Crippen LogP contribution in [0.1, 0.15) is 11.6 Å². The van der Waals surface area contributed by atoms with E-state index in [9.17, 15) is 10.2 Å². The molecule has 0 aromatic heterocycles. The number of methoxy groups -OCH3 is 1. The summed E-state index contributed by atoms with van der Waals surface area (Å²) in [4.78, 5) is 4.59. The van der Waals surface area contributed by atoms with Gasteiger partial charge in [0, 0.05) is 51.9 Å². The van der Waals surface area contributed by atoms with E-state index in [0.717, 1.165) is 38.5 Å². The number of aliphatic hydroxyl groups excluding tert-OH is 2. The van der Waals surface area contributed by atoms with Crippen molar-refractivity contribution in [3.05, 3.63) is 29.8 Å². The van der Waals surface area contributed by atoms with Gasteiger partial charge >= 0.3 is 0 Å². The Hall–Kier alpha value is -1.18. The maximum Gasteiger partial charge on any atom is 0.118 e. The smallest absolute Gasteiger partial charge is 0.118 e. The predicted octanol–water partition coefficient (Wildman–Crippen LogP) is -0.0719. The molecular weight excluding hydrogens is 294 g/mol. The molecule has 0 amide bonds. The second kappa shape index (κ2) is 9.85. The van der Waals surface area contributed by atoms with Crippen molar-refractivity contribution in [2.45, 2.75) is 6.04 Å². The third-order valence-electron chi connectivity index (χ3n) is 4.36. The summed E-state index contributed by atoms with van der Waals surface area (Å²) in [6, 6.07) is 8.24. The van der Waals surface area contributed by atoms with Crippen LogP contribution in [0.25, 0.3) is 0 Å². The third-order valence-corrected chi connectivity index (χ3v) is 4.36. The van der Waals surface area contributed by atoms with Crippen LogP contribution in [0.15, 0.2) is 24.3 Å². The summed E-state index contributed by atoms with van der Waals surface area (Å²) in [5.41, 5.74) is 1.19. The molecule has 1 fully saturated rings. The van der Waals surface area contributed by atoms with Gasteiger partial charge in [0.15, 0.2) is 0 Å². The van der Waals surface area contributed by atoms with E-state index in [0.29, 0.717) is 13.1 Å². The molecule has 0 radical (unpaired) electrons. The first-order chi connectivity index (χ1) is 11.3. The average molecular weight is 323 g/mol. The summed E-state index contributed by atoms with van der Waals surface area (Å²) in [6.07, 6.45) is 0. The Morgan fingerprint density at radius 3 is 2.26 bits per heavy atom. The molecule has 2 rings (SSSR count). The summed E-state index contributed by atoms with van der Waals surface area (Å²) < 4.78 is 5.24. The van der Waals surface area contributed by atoms with Gasteiger partial charge in [0.25, 0.3) is 0 Å². The molecule has 3 N–H and O–H groups in total. The first kappa shape index (κ1) is 18.2. The number of ether oxygens (including phenoxy) is 1. The highest BCUT2D eigenvalue weighted by atomic mass is 16.5. The molecule has 1 saturated heterocycles. The minimum Gasteiger partial charge on any atom is -0.497 e. The van der Waals surface area contributed by atoms with Crippen molar-refractivity contribution in [3.63, 3.8) is 0 Å². The fourth-order valence-corrected chi connectivity index (χ4v) is 3.08. The van der Waals surface area contributed by atoms with Crippen LogP contribution in [-0.2, 0) is 0 Å². The van der Waals surface area contributed by atoms with Gasteiger partial charge in [-0.2, -0.15) is 0 Å². The molecule has 0 spiro atoms. The number of aliphatic hydroxyl groups is 2. The zero-order chi connectivity index (χ0) is 16.5. The number of hydrogen-bond donors (Lipinski definition) is 3. The van der Waals surface area contributed by atoms with Crippen molar-refractivity contribution in [1.82, 2.24) is 15.1 Å². The van der Waals surface area contributed by atoms with Gasteiger partial charge in [-0.1, -0.05) is 12.1 Å². The van der Waals surface area contributed by atoms with Gasteiger partial charge < -0.3 is 20.3 Å². The molecule has 0 bridgehead atoms. The molecule has 6 heteroatoms. The van der Waals surface area contributed by atoms with Crippen LogP contribution in [-0.4, -0.2) is 86.1 Å². The maximum atomic E-state index is 9.38. The first-order valence-corrected chi connectivity index (χ1v) is 8.31. The van der Waals surface area contributed by atoms with Gasteiger partial charge in [-0.05, 0) is 17.7 Å². The van der Waals surface area contributed by atoms with Gasteiger partial charge in [-0.25, -0.2) is 0 Å². The van der Waals surface area contributed by atoms with Crippen molar-refractivity contribution >= 4 is 0 Å². The Kier molecular flexibility index (Phi) is 7.78. The van der Waals surface area contributed by atoms with Crippen molar-refractivity contribution < 1.29 is 14.9 Å². The van der Waals surface area contributed by atoms with Crippen LogP contribution < -0.4 is 10.1 Å². The SMILES string of the molecule is COc1ccc(C(CN2CCNCC2)N(CCO)CCO)cc1. The van der Waals surface area contributed by atoms with E-state index >= 15 is 0 Å². The lowest BCUT2D eigenvalue weighted by atomic mass is 10.0. The van der Waals surface area contributed by atoms with E-state index in [2.05, 4.69) is 27.2 Å². The number of rotatable bonds is 9. The molecule has 1 aliphatic rings. The van der Waals surface area contributed by atoms with Crippen LogP contribution in [0, 0.1) is 0 Å². The van der Waals surface area contributed by atoms with Gasteiger partial charge in [0.2, 0.25) is 0 Å². The monoisotopic (exact) mass is 323 g/mol. The second-order valence-corrected chi connectivity index (χ2v) is 5.82. The third kappa shape index (κ3) is 5.44. The minimum atomic E-state index is 0.0915. The normalized spacial score (nSPS) is 17.4. The predicted molar refractivity (Wildman–Crippen MR) is 90.8 cm³/mol. The lowest BCUT2D eigenvalue weighted by Gasteiger charge is -2.37. The molecule has 1 heterocycles. The van der Waals surface area contributed by atoms with Gasteiger partial charge in [-0.15, -0.1) is 0 Å². The van der Waals surface area contributed by atoms with Crippen LogP contribution >= 0.6 is 0 Å². The van der Waals surface area contributed by atoms with E-state index in [-0.39, 0.29) is 19.3 Å². The molecule has 1 unspecified atom stereocenters. The fraction of sp³-hybridized carbons (Fsp3) is 0.647. The highest BCUT2D eigenvalue weighted by molar-refractivity contribution is 5.29. The number of benzene rings is 1. The van der Waals surface area contributed by atoms with E-state index in [1.165, 1.54) is 5.56 Å². The van der Waals surface area contributed by atoms with Crippen LogP contribution in [0.4, 0.5) is 0 Å². The lowest BCUT2D eigenvalue weighted by molar-refractivity contribution is 0.0903. The molecular formula is C17H29N3O3. The van der Waals surface area contributed by atoms with Crippen LogP contribution in [0.5, 0.6) is 5.75 Å². The van der Waals surface area contributed by atoms with E-state index < -0.39 is 0 Å². The zero-order valence-electron chi connectivity index (χ0n) is 13.9. The van der Waals surface area contributed by atoms with Crippen molar-refractivity contribution in [1.29, 1.82) is 0 Å². The summed E-state index contributed by atoms with van der Waals surface area (Å²) in [5, 5.41) is 22.1. The number of hydrogen-bond acceptors (Lipinski definition) is 6. The van der Waals surface area contributed by atoms with E-state index in [1.807, 2.05) is 12.1 Å². The Labute approximate surface area is 138 Å². The minimum absolute atomic E-state index is 0.0915. The average Bonchev–Trinajstić information content (AvgIpc) is 2.61. The largest absolute Gasteiger partial charge is 0.497 e. The fourth-order valence-electron chi connectivity index (χ4n) is 3.08. The molecule has 1 aliphatic heterocycles. The zero-order valence-corrected chi connectivity index (χ0v) is 13.9. The van der Waals surface area contributed by atoms with Gasteiger partial charge in [0.05, 0.1) is 20.3 Å². The summed E-state index contributed by atoms with van der Waals surface area (Å²) in [5.74, 6) is 0.838. The molecule has 1 aromatic rings. The van der Waals surface area contributed by atoms with E-state index in [1.54, 1.807) is 7.11 Å². The Morgan fingerprint density at radius 1 is 1.13 bits per heavy atom. The Morgan fingerprint density at radius 2 is 1.74 bits per heavy atom. The second-order valence-electron chi connectivity index (χ2n) is 5.82.